The molecule has 1 atom stereocenters. The van der Waals surface area contributed by atoms with Gasteiger partial charge in [-0.2, -0.15) is 0 Å². The van der Waals surface area contributed by atoms with Gasteiger partial charge in [0, 0.05) is 5.69 Å². The number of hydrogen-bond donors (Lipinski definition) is 4. The van der Waals surface area contributed by atoms with Gasteiger partial charge in [-0.15, -0.1) is 0 Å². The van der Waals surface area contributed by atoms with Crippen LogP contribution in [0.2, 0.25) is 0 Å². The maximum atomic E-state index is 13.5. The third kappa shape index (κ3) is 6.33. The van der Waals surface area contributed by atoms with Crippen LogP contribution in [0.25, 0.3) is 10.8 Å². The van der Waals surface area contributed by atoms with Crippen LogP contribution in [0.4, 0.5) is 16.2 Å². The van der Waals surface area contributed by atoms with E-state index in [1.807, 2.05) is 38.1 Å². The number of carboxylic acid groups (broad SMARTS) is 1. The molecule has 0 heterocycles. The average molecular weight is 516 g/mol. The number of rotatable bonds is 8. The first kappa shape index (κ1) is 27.2. The lowest BCUT2D eigenvalue weighted by molar-refractivity contribution is -0.141. The van der Waals surface area contributed by atoms with Gasteiger partial charge in [0.25, 0.3) is 5.91 Å². The minimum absolute atomic E-state index is 0.105. The number of nitrogens with one attached hydrogen (secondary N) is 3. The maximum absolute atomic E-state index is 13.5. The van der Waals surface area contributed by atoms with Crippen molar-refractivity contribution in [2.24, 2.45) is 5.92 Å². The second kappa shape index (κ2) is 12.1. The number of anilines is 2. The first-order chi connectivity index (χ1) is 18.3. The normalized spacial score (nSPS) is 14.6. The van der Waals surface area contributed by atoms with Crippen molar-refractivity contribution in [3.05, 3.63) is 70.8 Å². The Balaban J connectivity index is 1.61. The van der Waals surface area contributed by atoms with Crippen molar-refractivity contribution in [2.75, 3.05) is 10.6 Å². The summed E-state index contributed by atoms with van der Waals surface area (Å²) in [7, 11) is 0. The Kier molecular flexibility index (Phi) is 8.66. The summed E-state index contributed by atoms with van der Waals surface area (Å²) in [5.41, 5.74) is 4.45. The van der Waals surface area contributed by atoms with Crippen LogP contribution >= 0.6 is 0 Å². The highest BCUT2D eigenvalue weighted by Crippen LogP contribution is 2.29. The lowest BCUT2D eigenvalue weighted by atomic mass is 9.83. The molecule has 0 unspecified atom stereocenters. The zero-order valence-electron chi connectivity index (χ0n) is 22.4. The molecular weight excluding hydrogens is 478 g/mol. The predicted octanol–water partition coefficient (Wildman–Crippen LogP) is 6.82. The molecule has 3 aromatic carbocycles. The number of carbonyl (C=O) groups excluding carboxylic acids is 2. The second-order valence-corrected chi connectivity index (χ2v) is 10.4. The highest BCUT2D eigenvalue weighted by atomic mass is 16.4. The molecule has 0 spiro atoms. The summed E-state index contributed by atoms with van der Waals surface area (Å²) < 4.78 is 0. The van der Waals surface area contributed by atoms with Crippen molar-refractivity contribution in [2.45, 2.75) is 71.8 Å². The van der Waals surface area contributed by atoms with E-state index in [0.29, 0.717) is 5.69 Å². The lowest BCUT2D eigenvalue weighted by Gasteiger charge is -2.28. The summed E-state index contributed by atoms with van der Waals surface area (Å²) >= 11 is 0. The van der Waals surface area contributed by atoms with Crippen molar-refractivity contribution in [1.29, 1.82) is 0 Å². The molecular formula is C31H37N3O4. The Morgan fingerprint density at radius 1 is 0.921 bits per heavy atom. The van der Waals surface area contributed by atoms with E-state index < -0.39 is 23.9 Å². The first-order valence-corrected chi connectivity index (χ1v) is 13.5. The molecule has 200 valence electrons. The molecule has 0 aromatic heterocycles. The molecule has 4 rings (SSSR count). The predicted molar refractivity (Wildman–Crippen MR) is 152 cm³/mol. The van der Waals surface area contributed by atoms with Crippen LogP contribution in [0, 0.1) is 19.8 Å². The molecule has 0 saturated heterocycles. The van der Waals surface area contributed by atoms with E-state index in [-0.39, 0.29) is 11.5 Å². The Hall–Kier alpha value is -3.87. The van der Waals surface area contributed by atoms with Crippen LogP contribution < -0.4 is 16.0 Å². The van der Waals surface area contributed by atoms with Crippen LogP contribution in [0.1, 0.15) is 72.5 Å². The third-order valence-electron chi connectivity index (χ3n) is 7.42. The number of fused-ring (bicyclic) bond motifs is 1. The van der Waals surface area contributed by atoms with Gasteiger partial charge in [-0.3, -0.25) is 4.79 Å². The topological polar surface area (TPSA) is 108 Å². The van der Waals surface area contributed by atoms with Crippen LogP contribution in [0.5, 0.6) is 0 Å². The summed E-state index contributed by atoms with van der Waals surface area (Å²) in [4.78, 5) is 38.7. The van der Waals surface area contributed by atoms with Gasteiger partial charge in [0.1, 0.15) is 6.04 Å². The smallest absolute Gasteiger partial charge is 0.326 e. The van der Waals surface area contributed by atoms with E-state index >= 15 is 0 Å². The summed E-state index contributed by atoms with van der Waals surface area (Å²) in [6, 6.07) is 13.7. The van der Waals surface area contributed by atoms with Crippen molar-refractivity contribution in [1.82, 2.24) is 5.32 Å². The molecule has 3 aromatic rings. The largest absolute Gasteiger partial charge is 0.480 e. The highest BCUT2D eigenvalue weighted by molar-refractivity contribution is 6.10. The van der Waals surface area contributed by atoms with Gasteiger partial charge in [-0.05, 0) is 78.6 Å². The van der Waals surface area contributed by atoms with Gasteiger partial charge in [-0.1, -0.05) is 69.0 Å². The van der Waals surface area contributed by atoms with Gasteiger partial charge in [0.2, 0.25) is 0 Å². The van der Waals surface area contributed by atoms with Gasteiger partial charge in [0.05, 0.1) is 11.3 Å². The molecule has 1 saturated carbocycles. The molecule has 1 aliphatic rings. The summed E-state index contributed by atoms with van der Waals surface area (Å²) in [5, 5.41) is 20.1. The fourth-order valence-electron chi connectivity index (χ4n) is 5.55. The van der Waals surface area contributed by atoms with Crippen LogP contribution in [0.15, 0.2) is 48.5 Å². The first-order valence-electron chi connectivity index (χ1n) is 13.5. The van der Waals surface area contributed by atoms with Crippen molar-refractivity contribution < 1.29 is 19.5 Å². The van der Waals surface area contributed by atoms with Gasteiger partial charge in [0.15, 0.2) is 0 Å². The summed E-state index contributed by atoms with van der Waals surface area (Å²) in [6.07, 6.45) is 6.59. The van der Waals surface area contributed by atoms with E-state index in [9.17, 15) is 19.5 Å². The fraction of sp³-hybridized carbons (Fsp3) is 0.387. The maximum Gasteiger partial charge on any atom is 0.326 e. The van der Waals surface area contributed by atoms with E-state index in [1.54, 1.807) is 12.1 Å². The number of benzene rings is 3. The van der Waals surface area contributed by atoms with Gasteiger partial charge < -0.3 is 21.1 Å². The standard InChI is InChI=1S/C31H37N3O4/c1-4-10-21-15-19(2)27(20(3)16-21)34-31(38)32-26-18-24-14-9-8-13-23(24)17-25(26)29(35)33-28(30(36)37)22-11-6-5-7-12-22/h8-9,13-18,22,28H,4-7,10-12H2,1-3H3,(H,33,35)(H,36,37)(H2,32,34,38)/t28-/m0/s1. The molecule has 7 heteroatoms. The molecule has 1 aliphatic carbocycles. The number of hydrogen-bond acceptors (Lipinski definition) is 3. The quantitative estimate of drug-likeness (QED) is 0.264. The zero-order chi connectivity index (χ0) is 27.2. The number of aryl methyl sites for hydroxylation is 3. The van der Waals surface area contributed by atoms with Crippen LogP contribution in [-0.2, 0) is 11.2 Å². The zero-order valence-corrected chi connectivity index (χ0v) is 22.4. The minimum Gasteiger partial charge on any atom is -0.480 e. The number of aliphatic carboxylic acids is 1. The Morgan fingerprint density at radius 2 is 1.55 bits per heavy atom. The molecule has 7 nitrogen and oxygen atoms in total. The SMILES string of the molecule is CCCc1cc(C)c(NC(=O)Nc2cc3ccccc3cc2C(=O)N[C@H](C(=O)O)C2CCCCC2)c(C)c1. The molecule has 4 N–H and O–H groups in total. The molecule has 38 heavy (non-hydrogen) atoms. The third-order valence-corrected chi connectivity index (χ3v) is 7.42. The van der Waals surface area contributed by atoms with E-state index in [1.165, 1.54) is 5.56 Å². The summed E-state index contributed by atoms with van der Waals surface area (Å²) in [5.74, 6) is -1.65. The van der Waals surface area contributed by atoms with Crippen LogP contribution in [-0.4, -0.2) is 29.1 Å². The Morgan fingerprint density at radius 3 is 2.16 bits per heavy atom. The highest BCUT2D eigenvalue weighted by Gasteiger charge is 2.31. The minimum atomic E-state index is -1.03. The molecule has 0 bridgehead atoms. The van der Waals surface area contributed by atoms with E-state index in [0.717, 1.165) is 72.5 Å². The monoisotopic (exact) mass is 515 g/mol. The number of carboxylic acids is 1. The van der Waals surface area contributed by atoms with E-state index in [4.69, 9.17) is 0 Å². The fourth-order valence-corrected chi connectivity index (χ4v) is 5.55. The van der Waals surface area contributed by atoms with Crippen molar-refractivity contribution >= 4 is 40.1 Å². The molecule has 0 aliphatic heterocycles. The summed E-state index contributed by atoms with van der Waals surface area (Å²) in [6.45, 7) is 6.07. The Bertz CT molecular complexity index is 1320. The average Bonchev–Trinajstić information content (AvgIpc) is 2.89. The van der Waals surface area contributed by atoms with Gasteiger partial charge in [-0.25, -0.2) is 9.59 Å². The number of urea groups is 1. The van der Waals surface area contributed by atoms with E-state index in [2.05, 4.69) is 35.0 Å². The lowest BCUT2D eigenvalue weighted by Crippen LogP contribution is -2.46. The Labute approximate surface area is 224 Å². The van der Waals surface area contributed by atoms with Crippen LogP contribution in [0.3, 0.4) is 0 Å². The van der Waals surface area contributed by atoms with Crippen molar-refractivity contribution in [3.8, 4) is 0 Å². The number of amides is 3. The molecule has 3 amide bonds. The molecule has 0 radical (unpaired) electrons. The number of carbonyl (C=O) groups is 3. The van der Waals surface area contributed by atoms with Gasteiger partial charge >= 0.3 is 12.0 Å². The van der Waals surface area contributed by atoms with Crippen molar-refractivity contribution in [3.63, 3.8) is 0 Å². The second-order valence-electron chi connectivity index (χ2n) is 10.4. The molecule has 1 fully saturated rings.